The van der Waals surface area contributed by atoms with E-state index in [0.717, 1.165) is 10.6 Å². The average molecular weight is 262 g/mol. The van der Waals surface area contributed by atoms with Gasteiger partial charge in [-0.2, -0.15) is 6.08 Å². The second-order valence-electron chi connectivity index (χ2n) is 4.00. The van der Waals surface area contributed by atoms with Crippen molar-refractivity contribution in [2.75, 3.05) is 0 Å². The molecule has 19 heavy (non-hydrogen) atoms. The van der Waals surface area contributed by atoms with Gasteiger partial charge in [0.2, 0.25) is 0 Å². The van der Waals surface area contributed by atoms with Crippen LogP contribution in [0.1, 0.15) is 6.92 Å². The summed E-state index contributed by atoms with van der Waals surface area (Å²) in [7, 11) is -2.65. The Kier molecular flexibility index (Phi) is 6.42. The van der Waals surface area contributed by atoms with Crippen LogP contribution in [0.5, 0.6) is 0 Å². The van der Waals surface area contributed by atoms with Gasteiger partial charge in [0.1, 0.15) is 0 Å². The van der Waals surface area contributed by atoms with Crippen molar-refractivity contribution in [1.82, 2.24) is 0 Å². The van der Waals surface area contributed by atoms with Gasteiger partial charge < -0.3 is 4.89 Å². The summed E-state index contributed by atoms with van der Waals surface area (Å²) in [6.45, 7) is 1.93. The van der Waals surface area contributed by atoms with Gasteiger partial charge in [-0.15, -0.1) is 6.92 Å². The summed E-state index contributed by atoms with van der Waals surface area (Å²) in [6, 6.07) is 19.3. The molecule has 0 radical (unpaired) electrons. The molecule has 2 aromatic rings. The van der Waals surface area contributed by atoms with Crippen LogP contribution < -0.4 is 34.4 Å². The van der Waals surface area contributed by atoms with E-state index in [-0.39, 0.29) is 18.9 Å². The molecule has 1 nitrogen and oxygen atoms in total. The molecular formula is C16H16LiOP. The van der Waals surface area contributed by atoms with E-state index < -0.39 is 7.49 Å². The average Bonchev–Trinajstić information content (AvgIpc) is 2.46. The fourth-order valence-corrected chi connectivity index (χ4v) is 4.11. The Hall–Kier alpha value is -0.963. The largest absolute Gasteiger partial charge is 1.00 e. The van der Waals surface area contributed by atoms with E-state index >= 15 is 0 Å². The first-order chi connectivity index (χ1) is 8.77. The van der Waals surface area contributed by atoms with E-state index in [1.165, 1.54) is 0 Å². The number of hydrogen-bond donors (Lipinski definition) is 0. The maximum atomic E-state index is 13.3. The maximum Gasteiger partial charge on any atom is 1.00 e. The van der Waals surface area contributed by atoms with Crippen LogP contribution in [0.2, 0.25) is 0 Å². The molecule has 0 saturated heterocycles. The number of rotatable bonds is 4. The topological polar surface area (TPSA) is 23.1 Å². The Labute approximate surface area is 128 Å². The maximum absolute atomic E-state index is 13.3. The predicted molar refractivity (Wildman–Crippen MR) is 78.2 cm³/mol. The monoisotopic (exact) mass is 262 g/mol. The van der Waals surface area contributed by atoms with E-state index in [0.29, 0.717) is 0 Å². The number of benzene rings is 2. The van der Waals surface area contributed by atoms with E-state index in [4.69, 9.17) is 0 Å². The minimum Gasteiger partial charge on any atom is -0.680 e. The molecule has 0 aromatic heterocycles. The Morgan fingerprint density at radius 3 is 1.68 bits per heavy atom. The summed E-state index contributed by atoms with van der Waals surface area (Å²) in [6.07, 6.45) is 5.58. The summed E-state index contributed by atoms with van der Waals surface area (Å²) in [5, 5.41) is 1.74. The summed E-state index contributed by atoms with van der Waals surface area (Å²) >= 11 is 0. The third kappa shape index (κ3) is 3.75. The molecule has 0 saturated carbocycles. The third-order valence-corrected chi connectivity index (χ3v) is 5.49. The fourth-order valence-electron chi connectivity index (χ4n) is 1.83. The quantitative estimate of drug-likeness (QED) is 0.420. The third-order valence-electron chi connectivity index (χ3n) is 2.77. The standard InChI is InChI=1S/C16H16OP.Li/c1-2-3-14-18(17,15-10-6-4-7-11-15)16-12-8-5-9-13-16;/h2-14H,1H3;/q-1;+1/b3-2+;. The minimum atomic E-state index is -2.65. The van der Waals surface area contributed by atoms with E-state index in [1.54, 1.807) is 0 Å². The molecule has 0 fully saturated rings. The predicted octanol–water partition coefficient (Wildman–Crippen LogP) is -0.328. The van der Waals surface area contributed by atoms with Crippen LogP contribution in [0.25, 0.3) is 0 Å². The Balaban J connectivity index is 0.00000180. The normalized spacial score (nSPS) is 11.1. The summed E-state index contributed by atoms with van der Waals surface area (Å²) in [4.78, 5) is 13.3. The van der Waals surface area contributed by atoms with Crippen molar-refractivity contribution in [3.8, 4) is 0 Å². The van der Waals surface area contributed by atoms with E-state index in [2.05, 4.69) is 0 Å². The van der Waals surface area contributed by atoms with Crippen LogP contribution in [0, 0.1) is 6.16 Å². The van der Waals surface area contributed by atoms with Gasteiger partial charge >= 0.3 is 18.9 Å². The zero-order chi connectivity index (χ0) is 12.8. The van der Waals surface area contributed by atoms with Crippen molar-refractivity contribution in [2.45, 2.75) is 6.92 Å². The number of hydrogen-bond acceptors (Lipinski definition) is 1. The molecule has 0 N–H and O–H groups in total. The van der Waals surface area contributed by atoms with E-state index in [1.807, 2.05) is 85.9 Å². The van der Waals surface area contributed by atoms with Gasteiger partial charge in [-0.25, -0.2) is 6.08 Å². The van der Waals surface area contributed by atoms with Crippen molar-refractivity contribution in [2.24, 2.45) is 0 Å². The summed E-state index contributed by atoms with van der Waals surface area (Å²) in [5.41, 5.74) is 0. The Morgan fingerprint density at radius 2 is 1.32 bits per heavy atom. The van der Waals surface area contributed by atoms with Crippen molar-refractivity contribution < 1.29 is 23.8 Å². The fraction of sp³-hybridized carbons (Fsp3) is 0.0625. The zero-order valence-corrected chi connectivity index (χ0v) is 12.3. The van der Waals surface area contributed by atoms with Crippen LogP contribution in [-0.4, -0.2) is 0 Å². The number of allylic oxidation sites excluding steroid dienone is 2. The van der Waals surface area contributed by atoms with Crippen LogP contribution in [0.15, 0.2) is 72.8 Å². The molecule has 0 bridgehead atoms. The molecule has 92 valence electrons. The molecular weight excluding hydrogens is 246 g/mol. The zero-order valence-electron chi connectivity index (χ0n) is 11.4. The molecule has 3 heteroatoms. The molecule has 0 heterocycles. The molecule has 0 spiro atoms. The Bertz CT molecular complexity index is 471. The molecule has 0 aliphatic carbocycles. The summed E-state index contributed by atoms with van der Waals surface area (Å²) in [5.74, 6) is 0. The second kappa shape index (κ2) is 7.58. The van der Waals surface area contributed by atoms with E-state index in [9.17, 15) is 4.89 Å². The minimum absolute atomic E-state index is 0. The molecule has 0 unspecified atom stereocenters. The Morgan fingerprint density at radius 1 is 0.895 bits per heavy atom. The molecule has 0 amide bonds. The van der Waals surface area contributed by atoms with Crippen molar-refractivity contribution in [3.63, 3.8) is 0 Å². The molecule has 0 aliphatic heterocycles. The second-order valence-corrected chi connectivity index (χ2v) is 6.65. The van der Waals surface area contributed by atoms with Crippen LogP contribution in [0.4, 0.5) is 0 Å². The van der Waals surface area contributed by atoms with Crippen molar-refractivity contribution >= 4 is 18.1 Å². The van der Waals surface area contributed by atoms with Gasteiger partial charge in [0.05, 0.1) is 10.6 Å². The molecule has 0 atom stereocenters. The van der Waals surface area contributed by atoms with Gasteiger partial charge in [0.15, 0.2) is 0 Å². The first-order valence-electron chi connectivity index (χ1n) is 5.95. The molecule has 2 aromatic carbocycles. The van der Waals surface area contributed by atoms with Gasteiger partial charge in [-0.05, 0) is 31.8 Å². The van der Waals surface area contributed by atoms with Crippen LogP contribution >= 0.6 is 7.49 Å². The first-order valence-corrected chi connectivity index (χ1v) is 7.73. The molecule has 0 aliphatic rings. The smallest absolute Gasteiger partial charge is 0.680 e. The van der Waals surface area contributed by atoms with Gasteiger partial charge in [0, 0.05) is 0 Å². The van der Waals surface area contributed by atoms with Crippen LogP contribution in [0.3, 0.4) is 0 Å². The van der Waals surface area contributed by atoms with Gasteiger partial charge in [-0.3, -0.25) is 0 Å². The van der Waals surface area contributed by atoms with Gasteiger partial charge in [0.25, 0.3) is 0 Å². The van der Waals surface area contributed by atoms with Crippen molar-refractivity contribution in [3.05, 3.63) is 79.0 Å². The van der Waals surface area contributed by atoms with Gasteiger partial charge in [-0.1, -0.05) is 42.6 Å². The molecule has 2 rings (SSSR count). The van der Waals surface area contributed by atoms with Crippen LogP contribution in [-0.2, 0) is 0 Å². The van der Waals surface area contributed by atoms with Crippen molar-refractivity contribution in [1.29, 1.82) is 0 Å². The first kappa shape index (κ1) is 16.1. The SMILES string of the molecule is C/C=C/[CH-][P+]([O-])(c1ccccc1)c1ccccc1.[Li+]. The summed E-state index contributed by atoms with van der Waals surface area (Å²) < 4.78 is 0.